The number of hydrogen-bond acceptors (Lipinski definition) is 7. The van der Waals surface area contributed by atoms with Crippen molar-refractivity contribution < 1.29 is 39.1 Å². The molecular formula is C23H44FNO7. The Morgan fingerprint density at radius 3 is 2.12 bits per heavy atom. The minimum absolute atomic E-state index is 0.0439. The quantitative estimate of drug-likeness (QED) is 0.349. The average Bonchev–Trinajstić information content (AvgIpc) is 2.60. The third-order valence-corrected chi connectivity index (χ3v) is 5.47. The zero-order chi connectivity index (χ0) is 25.1. The molecule has 1 amide bonds. The van der Waals surface area contributed by atoms with Gasteiger partial charge in [0.2, 0.25) is 5.91 Å². The van der Waals surface area contributed by atoms with Crippen LogP contribution in [-0.2, 0) is 14.3 Å². The number of aliphatic hydroxyl groups is 4. The summed E-state index contributed by atoms with van der Waals surface area (Å²) in [6.45, 7) is 14.7. The number of amides is 1. The van der Waals surface area contributed by atoms with Gasteiger partial charge in [0.05, 0.1) is 25.4 Å². The van der Waals surface area contributed by atoms with Gasteiger partial charge in [-0.3, -0.25) is 4.79 Å². The molecule has 6 unspecified atom stereocenters. The second kappa shape index (κ2) is 11.1. The molecule has 5 N–H and O–H groups in total. The van der Waals surface area contributed by atoms with E-state index in [0.717, 1.165) is 6.42 Å². The maximum atomic E-state index is 14.0. The molecule has 1 rings (SSSR count). The van der Waals surface area contributed by atoms with E-state index in [1.165, 1.54) is 0 Å². The second-order valence-electron chi connectivity index (χ2n) is 12.0. The van der Waals surface area contributed by atoms with Crippen molar-refractivity contribution in [2.45, 2.75) is 111 Å². The minimum Gasteiger partial charge on any atom is -0.394 e. The first-order chi connectivity index (χ1) is 14.4. The molecule has 0 bridgehead atoms. The lowest BCUT2D eigenvalue weighted by Crippen LogP contribution is -2.59. The third kappa shape index (κ3) is 8.83. The molecule has 1 fully saturated rings. The molecule has 0 aliphatic carbocycles. The van der Waals surface area contributed by atoms with Crippen LogP contribution >= 0.6 is 0 Å². The predicted octanol–water partition coefficient (Wildman–Crippen LogP) is 1.52. The van der Waals surface area contributed by atoms with E-state index in [2.05, 4.69) is 26.1 Å². The molecule has 1 heterocycles. The summed E-state index contributed by atoms with van der Waals surface area (Å²) in [7, 11) is 0. The SMILES string of the molecule is CC(C)(C)CC(C)(C)CC(O)[C@H](COC1OC(CO)C(F)C(O)C1O)NC(=O)C(C)(C)C. The molecule has 1 aliphatic rings. The number of alkyl halides is 1. The molecule has 0 aromatic rings. The van der Waals surface area contributed by atoms with Gasteiger partial charge in [0.25, 0.3) is 0 Å². The molecular weight excluding hydrogens is 421 g/mol. The monoisotopic (exact) mass is 465 g/mol. The van der Waals surface area contributed by atoms with Crippen LogP contribution in [0.5, 0.6) is 0 Å². The van der Waals surface area contributed by atoms with Crippen molar-refractivity contribution in [2.75, 3.05) is 13.2 Å². The largest absolute Gasteiger partial charge is 0.394 e. The van der Waals surface area contributed by atoms with Gasteiger partial charge < -0.3 is 35.2 Å². The lowest BCUT2D eigenvalue weighted by Gasteiger charge is -2.40. The fourth-order valence-electron chi connectivity index (χ4n) is 4.23. The van der Waals surface area contributed by atoms with Gasteiger partial charge in [0.1, 0.15) is 18.3 Å². The summed E-state index contributed by atoms with van der Waals surface area (Å²) in [6.07, 6.45) is -7.95. The topological polar surface area (TPSA) is 128 Å². The van der Waals surface area contributed by atoms with Crippen molar-refractivity contribution in [3.63, 3.8) is 0 Å². The summed E-state index contributed by atoms with van der Waals surface area (Å²) < 4.78 is 24.8. The van der Waals surface area contributed by atoms with Crippen LogP contribution in [0.2, 0.25) is 0 Å². The molecule has 0 radical (unpaired) electrons. The van der Waals surface area contributed by atoms with E-state index in [-0.39, 0.29) is 23.3 Å². The van der Waals surface area contributed by atoms with Gasteiger partial charge in [-0.15, -0.1) is 0 Å². The first-order valence-corrected chi connectivity index (χ1v) is 11.2. The van der Waals surface area contributed by atoms with Crippen LogP contribution < -0.4 is 5.32 Å². The van der Waals surface area contributed by atoms with E-state index in [1.54, 1.807) is 20.8 Å². The van der Waals surface area contributed by atoms with Crippen LogP contribution in [0.15, 0.2) is 0 Å². The van der Waals surface area contributed by atoms with Gasteiger partial charge in [-0.25, -0.2) is 4.39 Å². The number of aliphatic hydroxyl groups excluding tert-OH is 4. The maximum Gasteiger partial charge on any atom is 0.225 e. The predicted molar refractivity (Wildman–Crippen MR) is 118 cm³/mol. The molecule has 7 atom stereocenters. The fraction of sp³-hybridized carbons (Fsp3) is 0.957. The Morgan fingerprint density at radius 2 is 1.66 bits per heavy atom. The van der Waals surface area contributed by atoms with Crippen LogP contribution in [0.3, 0.4) is 0 Å². The standard InChI is InChI=1S/C23H44FNO7/c1-21(2,3)12-23(7,8)9-14(27)13(25-20(30)22(4,5)6)11-31-19-18(29)17(28)16(24)15(10-26)32-19/h13-19,26-29H,9-12H2,1-8H3,(H,25,30)/t13-,14?,15?,16?,17?,18?,19?/m0/s1. The van der Waals surface area contributed by atoms with Crippen LogP contribution in [0.4, 0.5) is 4.39 Å². The van der Waals surface area contributed by atoms with Crippen LogP contribution in [0.1, 0.15) is 68.2 Å². The molecule has 32 heavy (non-hydrogen) atoms. The molecule has 1 aliphatic heterocycles. The molecule has 9 heteroatoms. The minimum atomic E-state index is -1.96. The van der Waals surface area contributed by atoms with E-state index < -0.39 is 54.9 Å². The van der Waals surface area contributed by atoms with Crippen LogP contribution in [-0.4, -0.2) is 82.5 Å². The second-order valence-corrected chi connectivity index (χ2v) is 12.0. The first-order valence-electron chi connectivity index (χ1n) is 11.2. The normalized spacial score (nSPS) is 29.5. The summed E-state index contributed by atoms with van der Waals surface area (Å²) in [6, 6.07) is -0.829. The summed E-state index contributed by atoms with van der Waals surface area (Å²) in [5, 5.41) is 43.1. The van der Waals surface area contributed by atoms with Gasteiger partial charge in [-0.2, -0.15) is 0 Å². The highest BCUT2D eigenvalue weighted by atomic mass is 19.1. The van der Waals surface area contributed by atoms with E-state index >= 15 is 0 Å². The fourth-order valence-corrected chi connectivity index (χ4v) is 4.23. The zero-order valence-electron chi connectivity index (χ0n) is 20.8. The Hall–Kier alpha value is -0.840. The summed E-state index contributed by atoms with van der Waals surface area (Å²) in [5.41, 5.74) is -0.898. The lowest BCUT2D eigenvalue weighted by atomic mass is 9.73. The highest BCUT2D eigenvalue weighted by Crippen LogP contribution is 2.37. The first kappa shape index (κ1) is 29.2. The number of nitrogens with one attached hydrogen (secondary N) is 1. The molecule has 0 spiro atoms. The molecule has 0 saturated carbocycles. The molecule has 190 valence electrons. The Labute approximate surface area is 191 Å². The molecule has 1 saturated heterocycles. The van der Waals surface area contributed by atoms with Gasteiger partial charge in [-0.1, -0.05) is 55.4 Å². The Kier molecular flexibility index (Phi) is 10.1. The number of rotatable bonds is 9. The van der Waals surface area contributed by atoms with Crippen molar-refractivity contribution >= 4 is 5.91 Å². The highest BCUT2D eigenvalue weighted by Gasteiger charge is 2.45. The highest BCUT2D eigenvalue weighted by molar-refractivity contribution is 5.81. The number of halogens is 1. The smallest absolute Gasteiger partial charge is 0.225 e. The average molecular weight is 466 g/mol. The van der Waals surface area contributed by atoms with Crippen molar-refractivity contribution in [1.29, 1.82) is 0 Å². The van der Waals surface area contributed by atoms with Crippen LogP contribution in [0.25, 0.3) is 0 Å². The summed E-state index contributed by atoms with van der Waals surface area (Å²) in [4.78, 5) is 12.6. The molecule has 8 nitrogen and oxygen atoms in total. The van der Waals surface area contributed by atoms with Crippen molar-refractivity contribution in [3.05, 3.63) is 0 Å². The molecule has 0 aromatic heterocycles. The van der Waals surface area contributed by atoms with E-state index in [4.69, 9.17) is 9.47 Å². The van der Waals surface area contributed by atoms with Gasteiger partial charge in [0, 0.05) is 5.41 Å². The van der Waals surface area contributed by atoms with Gasteiger partial charge >= 0.3 is 0 Å². The maximum absolute atomic E-state index is 14.0. The zero-order valence-corrected chi connectivity index (χ0v) is 20.8. The van der Waals surface area contributed by atoms with Crippen molar-refractivity contribution in [1.82, 2.24) is 5.32 Å². The lowest BCUT2D eigenvalue weighted by molar-refractivity contribution is -0.293. The summed E-state index contributed by atoms with van der Waals surface area (Å²) in [5.74, 6) is -0.291. The third-order valence-electron chi connectivity index (χ3n) is 5.47. The number of carbonyl (C=O) groups excluding carboxylic acids is 1. The van der Waals surface area contributed by atoms with E-state index in [0.29, 0.717) is 6.42 Å². The van der Waals surface area contributed by atoms with Crippen molar-refractivity contribution in [3.8, 4) is 0 Å². The Morgan fingerprint density at radius 1 is 1.09 bits per heavy atom. The van der Waals surface area contributed by atoms with E-state index in [1.807, 2.05) is 13.8 Å². The van der Waals surface area contributed by atoms with Gasteiger partial charge in [-0.05, 0) is 23.7 Å². The number of carbonyl (C=O) groups is 1. The summed E-state index contributed by atoms with van der Waals surface area (Å²) >= 11 is 0. The number of hydrogen-bond donors (Lipinski definition) is 5. The molecule has 0 aromatic carbocycles. The Balaban J connectivity index is 2.95. The van der Waals surface area contributed by atoms with Crippen molar-refractivity contribution in [2.24, 2.45) is 16.2 Å². The van der Waals surface area contributed by atoms with E-state index in [9.17, 15) is 29.6 Å². The van der Waals surface area contributed by atoms with Crippen LogP contribution in [0, 0.1) is 16.2 Å². The Bertz CT molecular complexity index is 600. The van der Waals surface area contributed by atoms with Gasteiger partial charge in [0.15, 0.2) is 12.5 Å². The number of ether oxygens (including phenoxy) is 2.